The van der Waals surface area contributed by atoms with Gasteiger partial charge in [-0.3, -0.25) is 4.79 Å². The molecule has 0 unspecified atom stereocenters. The molecule has 0 saturated carbocycles. The molecule has 152 valence electrons. The fraction of sp³-hybridized carbons (Fsp3) is 0.174. The SMILES string of the molecule is COc1ccc(-n2nc3ccc(NC(=O)C(C)(C)Oc4ccccc4)cc3n2)cc1. The summed E-state index contributed by atoms with van der Waals surface area (Å²) in [5.41, 5.74) is 1.79. The highest BCUT2D eigenvalue weighted by atomic mass is 16.5. The number of hydrogen-bond acceptors (Lipinski definition) is 5. The van der Waals surface area contributed by atoms with Crippen molar-refractivity contribution in [1.29, 1.82) is 0 Å². The number of carbonyl (C=O) groups is 1. The lowest BCUT2D eigenvalue weighted by atomic mass is 10.1. The van der Waals surface area contributed by atoms with Crippen LogP contribution in [0.2, 0.25) is 0 Å². The zero-order chi connectivity index (χ0) is 21.1. The number of carbonyl (C=O) groups excluding carboxylic acids is 1. The highest BCUT2D eigenvalue weighted by Gasteiger charge is 2.30. The zero-order valence-corrected chi connectivity index (χ0v) is 17.0. The Morgan fingerprint density at radius 1 is 0.900 bits per heavy atom. The molecule has 7 nitrogen and oxygen atoms in total. The van der Waals surface area contributed by atoms with Gasteiger partial charge in [-0.05, 0) is 68.4 Å². The van der Waals surface area contributed by atoms with Crippen molar-refractivity contribution in [3.8, 4) is 17.2 Å². The number of nitrogens with one attached hydrogen (secondary N) is 1. The maximum atomic E-state index is 12.8. The van der Waals surface area contributed by atoms with Crippen LogP contribution in [0.15, 0.2) is 72.8 Å². The number of para-hydroxylation sites is 1. The number of nitrogens with zero attached hydrogens (tertiary/aromatic N) is 3. The van der Waals surface area contributed by atoms with Gasteiger partial charge in [-0.1, -0.05) is 18.2 Å². The van der Waals surface area contributed by atoms with Gasteiger partial charge in [-0.15, -0.1) is 10.2 Å². The van der Waals surface area contributed by atoms with E-state index >= 15 is 0 Å². The van der Waals surface area contributed by atoms with Crippen molar-refractivity contribution in [2.45, 2.75) is 19.4 Å². The molecule has 3 aromatic carbocycles. The van der Waals surface area contributed by atoms with Crippen LogP contribution in [-0.2, 0) is 4.79 Å². The molecule has 0 aliphatic carbocycles. The van der Waals surface area contributed by atoms with Gasteiger partial charge in [0, 0.05) is 5.69 Å². The summed E-state index contributed by atoms with van der Waals surface area (Å²) in [7, 11) is 1.62. The largest absolute Gasteiger partial charge is 0.497 e. The number of aromatic nitrogens is 3. The van der Waals surface area contributed by atoms with E-state index < -0.39 is 5.60 Å². The van der Waals surface area contributed by atoms with E-state index in [1.807, 2.05) is 60.7 Å². The number of amides is 1. The number of benzene rings is 3. The third-order valence-electron chi connectivity index (χ3n) is 4.60. The van der Waals surface area contributed by atoms with Crippen LogP contribution in [0, 0.1) is 0 Å². The van der Waals surface area contributed by atoms with E-state index in [1.165, 1.54) is 0 Å². The topological polar surface area (TPSA) is 78.3 Å². The van der Waals surface area contributed by atoms with E-state index in [4.69, 9.17) is 9.47 Å². The summed E-state index contributed by atoms with van der Waals surface area (Å²) in [6.07, 6.45) is 0. The smallest absolute Gasteiger partial charge is 0.267 e. The highest BCUT2D eigenvalue weighted by Crippen LogP contribution is 2.22. The Kier molecular flexibility index (Phi) is 5.10. The van der Waals surface area contributed by atoms with E-state index in [0.717, 1.165) is 17.0 Å². The van der Waals surface area contributed by atoms with Gasteiger partial charge in [-0.25, -0.2) is 0 Å². The lowest BCUT2D eigenvalue weighted by Crippen LogP contribution is -2.42. The van der Waals surface area contributed by atoms with Crippen molar-refractivity contribution in [3.05, 3.63) is 72.8 Å². The van der Waals surface area contributed by atoms with Crippen molar-refractivity contribution in [1.82, 2.24) is 15.0 Å². The molecule has 0 atom stereocenters. The molecule has 0 spiro atoms. The molecule has 30 heavy (non-hydrogen) atoms. The zero-order valence-electron chi connectivity index (χ0n) is 17.0. The standard InChI is InChI=1S/C23H22N4O3/c1-23(2,30-19-7-5-4-6-8-19)22(28)24-16-9-14-20-21(15-16)26-27(25-20)17-10-12-18(29-3)13-11-17/h4-15H,1-3H3,(H,24,28). The molecule has 1 heterocycles. The molecule has 0 fully saturated rings. The first kappa shape index (κ1) is 19.4. The minimum atomic E-state index is -1.04. The predicted octanol–water partition coefficient (Wildman–Crippen LogP) is 4.23. The minimum Gasteiger partial charge on any atom is -0.497 e. The number of fused-ring (bicyclic) bond motifs is 1. The molecular weight excluding hydrogens is 380 g/mol. The van der Waals surface area contributed by atoms with E-state index in [1.54, 1.807) is 37.9 Å². The Balaban J connectivity index is 1.52. The molecule has 4 rings (SSSR count). The van der Waals surface area contributed by atoms with Gasteiger partial charge >= 0.3 is 0 Å². The van der Waals surface area contributed by atoms with Gasteiger partial charge in [0.25, 0.3) is 5.91 Å². The van der Waals surface area contributed by atoms with Crippen LogP contribution >= 0.6 is 0 Å². The normalized spacial score (nSPS) is 11.3. The third-order valence-corrected chi connectivity index (χ3v) is 4.60. The van der Waals surface area contributed by atoms with Crippen LogP contribution in [-0.4, -0.2) is 33.6 Å². The fourth-order valence-corrected chi connectivity index (χ4v) is 2.93. The van der Waals surface area contributed by atoms with E-state index in [2.05, 4.69) is 15.5 Å². The minimum absolute atomic E-state index is 0.256. The van der Waals surface area contributed by atoms with Gasteiger partial charge in [-0.2, -0.15) is 4.80 Å². The summed E-state index contributed by atoms with van der Waals surface area (Å²) in [5, 5.41) is 11.9. The molecule has 0 bridgehead atoms. The Morgan fingerprint density at radius 2 is 1.60 bits per heavy atom. The summed E-state index contributed by atoms with van der Waals surface area (Å²) in [4.78, 5) is 14.3. The average Bonchev–Trinajstić information content (AvgIpc) is 3.17. The second-order valence-electron chi connectivity index (χ2n) is 7.27. The molecule has 0 aliphatic heterocycles. The molecule has 1 amide bonds. The summed E-state index contributed by atoms with van der Waals surface area (Å²) >= 11 is 0. The Bertz CT molecular complexity index is 1170. The molecule has 0 saturated heterocycles. The average molecular weight is 402 g/mol. The molecule has 0 aliphatic rings. The van der Waals surface area contributed by atoms with Crippen molar-refractivity contribution >= 4 is 22.6 Å². The molecule has 0 radical (unpaired) electrons. The predicted molar refractivity (Wildman–Crippen MR) is 115 cm³/mol. The Labute approximate surface area is 174 Å². The van der Waals surface area contributed by atoms with Gasteiger partial charge in [0.15, 0.2) is 5.60 Å². The van der Waals surface area contributed by atoms with Gasteiger partial charge in [0.1, 0.15) is 22.5 Å². The lowest BCUT2D eigenvalue weighted by Gasteiger charge is -2.25. The highest BCUT2D eigenvalue weighted by molar-refractivity contribution is 5.98. The maximum absolute atomic E-state index is 12.8. The van der Waals surface area contributed by atoms with Crippen molar-refractivity contribution in [2.75, 3.05) is 12.4 Å². The monoisotopic (exact) mass is 402 g/mol. The van der Waals surface area contributed by atoms with Crippen LogP contribution in [0.4, 0.5) is 5.69 Å². The Morgan fingerprint density at radius 3 is 2.30 bits per heavy atom. The van der Waals surface area contributed by atoms with Crippen molar-refractivity contribution < 1.29 is 14.3 Å². The number of hydrogen-bond donors (Lipinski definition) is 1. The lowest BCUT2D eigenvalue weighted by molar-refractivity contribution is -0.128. The fourth-order valence-electron chi connectivity index (χ4n) is 2.93. The van der Waals surface area contributed by atoms with Crippen LogP contribution in [0.1, 0.15) is 13.8 Å². The van der Waals surface area contributed by atoms with Crippen LogP contribution < -0.4 is 14.8 Å². The summed E-state index contributed by atoms with van der Waals surface area (Å²) < 4.78 is 11.0. The summed E-state index contributed by atoms with van der Waals surface area (Å²) in [6, 6.07) is 22.1. The van der Waals surface area contributed by atoms with Gasteiger partial charge in [0.05, 0.1) is 12.8 Å². The molecule has 1 N–H and O–H groups in total. The van der Waals surface area contributed by atoms with E-state index in [9.17, 15) is 4.79 Å². The Hall–Kier alpha value is -3.87. The van der Waals surface area contributed by atoms with Crippen molar-refractivity contribution in [2.24, 2.45) is 0 Å². The number of anilines is 1. The quantitative estimate of drug-likeness (QED) is 0.522. The second kappa shape index (κ2) is 7.87. The molecule has 7 heteroatoms. The van der Waals surface area contributed by atoms with Crippen LogP contribution in [0.3, 0.4) is 0 Å². The maximum Gasteiger partial charge on any atom is 0.267 e. The number of ether oxygens (including phenoxy) is 2. The van der Waals surface area contributed by atoms with Crippen LogP contribution in [0.5, 0.6) is 11.5 Å². The van der Waals surface area contributed by atoms with Crippen LogP contribution in [0.25, 0.3) is 16.7 Å². The summed E-state index contributed by atoms with van der Waals surface area (Å²) in [6.45, 7) is 3.46. The number of methoxy groups -OCH3 is 1. The van der Waals surface area contributed by atoms with Crippen molar-refractivity contribution in [3.63, 3.8) is 0 Å². The van der Waals surface area contributed by atoms with Gasteiger partial charge < -0.3 is 14.8 Å². The third kappa shape index (κ3) is 4.10. The molecular formula is C23H22N4O3. The first-order valence-electron chi connectivity index (χ1n) is 9.52. The second-order valence-corrected chi connectivity index (χ2v) is 7.27. The first-order valence-corrected chi connectivity index (χ1v) is 9.52. The van der Waals surface area contributed by atoms with E-state index in [0.29, 0.717) is 17.0 Å². The first-order chi connectivity index (χ1) is 14.4. The molecule has 1 aromatic heterocycles. The number of rotatable bonds is 6. The molecule has 4 aromatic rings. The van der Waals surface area contributed by atoms with E-state index in [-0.39, 0.29) is 5.91 Å². The van der Waals surface area contributed by atoms with Gasteiger partial charge in [0.2, 0.25) is 0 Å². The summed E-state index contributed by atoms with van der Waals surface area (Å²) in [5.74, 6) is 1.14.